The van der Waals surface area contributed by atoms with Crippen molar-refractivity contribution in [1.29, 1.82) is 0 Å². The highest BCUT2D eigenvalue weighted by Gasteiger charge is 2.31. The third-order valence-electron chi connectivity index (χ3n) is 15.9. The average Bonchev–Trinajstić information content (AvgIpc) is 3.43. The van der Waals surface area contributed by atoms with Gasteiger partial charge in [-0.25, -0.2) is 0 Å². The topological polar surface area (TPSA) is 0 Å². The molecular formula is C45H80. The van der Waals surface area contributed by atoms with E-state index in [0.717, 1.165) is 35.5 Å². The SMILES string of the molecule is C1CC2CCC(C1)CC2.C1CC2CCCC(C1)C2.C1CCC2CCC(C1)C2.C1CCC2CCC2CC1.C1CCC2CCCC2C1. The summed E-state index contributed by atoms with van der Waals surface area (Å²) in [7, 11) is 0. The smallest absolute Gasteiger partial charge is 0.0386 e. The standard InChI is InChI=1S/5C9H16/c1-3-8-5-2-6-9(4-1)7-8;1-2-5-9-7-3-6-8(9)4-1;1-2-8-4-6-9(3-1)7-5-8;1-2-4-9-6-5-8(3-1)7-9;1-2-4-8-6-7-9(8)5-3-1/h5*8-9H,1-7H2. The Balaban J connectivity index is 0.0000000992. The molecule has 11 fully saturated rings. The van der Waals surface area contributed by atoms with Crippen LogP contribution in [0.2, 0.25) is 0 Å². The van der Waals surface area contributed by atoms with E-state index < -0.39 is 0 Å². The van der Waals surface area contributed by atoms with Crippen molar-refractivity contribution in [2.45, 2.75) is 225 Å². The van der Waals surface area contributed by atoms with Crippen LogP contribution in [0, 0.1) is 59.2 Å². The fourth-order valence-corrected chi connectivity index (χ4v) is 12.8. The first kappa shape index (κ1) is 34.8. The molecule has 0 aromatic carbocycles. The first-order valence-corrected chi connectivity index (χ1v) is 22.3. The summed E-state index contributed by atoms with van der Waals surface area (Å²) in [6.07, 6.45) is 54.3. The Morgan fingerprint density at radius 3 is 0.822 bits per heavy atom. The fourth-order valence-electron chi connectivity index (χ4n) is 12.8. The lowest BCUT2D eigenvalue weighted by Crippen LogP contribution is -2.23. The molecule has 0 aromatic rings. The second kappa shape index (κ2) is 19.3. The normalized spacial score (nSPS) is 42.7. The lowest BCUT2D eigenvalue weighted by Gasteiger charge is -2.35. The molecule has 6 atom stereocenters. The van der Waals surface area contributed by atoms with Crippen molar-refractivity contribution in [3.05, 3.63) is 0 Å². The summed E-state index contributed by atoms with van der Waals surface area (Å²) in [6, 6.07) is 0. The summed E-state index contributed by atoms with van der Waals surface area (Å²) in [5.74, 6) is 11.6. The molecule has 0 aromatic heterocycles. The number of fused-ring (bicyclic) bond motifs is 10. The molecule has 0 radical (unpaired) electrons. The van der Waals surface area contributed by atoms with Crippen LogP contribution in [-0.2, 0) is 0 Å². The van der Waals surface area contributed by atoms with Gasteiger partial charge in [0.25, 0.3) is 0 Å². The Labute approximate surface area is 283 Å². The quantitative estimate of drug-likeness (QED) is 0.253. The van der Waals surface area contributed by atoms with Gasteiger partial charge in [-0.3, -0.25) is 0 Å². The Bertz CT molecular complexity index is 690. The molecule has 0 saturated heterocycles. The minimum Gasteiger partial charge on any atom is -0.0533 e. The first-order chi connectivity index (χ1) is 22.3. The second-order valence-corrected chi connectivity index (χ2v) is 18.9. The molecule has 11 aliphatic rings. The number of hydrogen-bond acceptors (Lipinski definition) is 0. The van der Waals surface area contributed by atoms with Gasteiger partial charge < -0.3 is 0 Å². The van der Waals surface area contributed by atoms with Gasteiger partial charge in [0, 0.05) is 0 Å². The summed E-state index contributed by atoms with van der Waals surface area (Å²) >= 11 is 0. The van der Waals surface area contributed by atoms with E-state index in [1.54, 1.807) is 154 Å². The van der Waals surface area contributed by atoms with Crippen LogP contribution in [0.15, 0.2) is 0 Å². The predicted octanol–water partition coefficient (Wildman–Crippen LogP) is 14.9. The fraction of sp³-hybridized carbons (Fsp3) is 1.00. The molecule has 11 aliphatic carbocycles. The minimum absolute atomic E-state index is 1.14. The summed E-state index contributed by atoms with van der Waals surface area (Å²) in [5, 5.41) is 0. The van der Waals surface area contributed by atoms with E-state index in [1.807, 2.05) is 0 Å². The maximum Gasteiger partial charge on any atom is -0.0386 e. The zero-order valence-electron chi connectivity index (χ0n) is 30.5. The molecule has 0 heteroatoms. The molecule has 11 rings (SSSR count). The number of rotatable bonds is 0. The van der Waals surface area contributed by atoms with Crippen LogP contribution in [0.5, 0.6) is 0 Å². The molecule has 0 amide bonds. The zero-order chi connectivity index (χ0) is 30.5. The Kier molecular flexibility index (Phi) is 14.9. The van der Waals surface area contributed by atoms with Crippen molar-refractivity contribution in [3.8, 4) is 0 Å². The van der Waals surface area contributed by atoms with Crippen LogP contribution in [0.1, 0.15) is 225 Å². The number of hydrogen-bond donors (Lipinski definition) is 0. The van der Waals surface area contributed by atoms with E-state index >= 15 is 0 Å². The Hall–Kier alpha value is 0. The van der Waals surface area contributed by atoms with Crippen molar-refractivity contribution in [2.75, 3.05) is 0 Å². The third-order valence-corrected chi connectivity index (χ3v) is 15.9. The van der Waals surface area contributed by atoms with Gasteiger partial charge in [-0.05, 0) is 84.9 Å². The average molecular weight is 621 g/mol. The van der Waals surface area contributed by atoms with Crippen molar-refractivity contribution in [3.63, 3.8) is 0 Å². The monoisotopic (exact) mass is 621 g/mol. The largest absolute Gasteiger partial charge is 0.0533 e. The molecule has 0 nitrogen and oxygen atoms in total. The summed E-state index contributed by atoms with van der Waals surface area (Å²) in [6.45, 7) is 0. The van der Waals surface area contributed by atoms with Crippen molar-refractivity contribution >= 4 is 0 Å². The van der Waals surface area contributed by atoms with Crippen molar-refractivity contribution < 1.29 is 0 Å². The highest BCUT2D eigenvalue weighted by molar-refractivity contribution is 4.83. The molecule has 45 heavy (non-hydrogen) atoms. The highest BCUT2D eigenvalue weighted by Crippen LogP contribution is 2.44. The molecule has 0 aliphatic heterocycles. The van der Waals surface area contributed by atoms with Gasteiger partial charge >= 0.3 is 0 Å². The van der Waals surface area contributed by atoms with Gasteiger partial charge in [-0.15, -0.1) is 0 Å². The summed E-state index contributed by atoms with van der Waals surface area (Å²) in [5.41, 5.74) is 0. The van der Waals surface area contributed by atoms with Crippen molar-refractivity contribution in [1.82, 2.24) is 0 Å². The van der Waals surface area contributed by atoms with Gasteiger partial charge in [-0.2, -0.15) is 0 Å². The van der Waals surface area contributed by atoms with E-state index in [1.165, 1.54) is 94.3 Å². The maximum atomic E-state index is 1.58. The zero-order valence-corrected chi connectivity index (χ0v) is 30.5. The Morgan fingerprint density at radius 2 is 0.400 bits per heavy atom. The summed E-state index contributed by atoms with van der Waals surface area (Å²) in [4.78, 5) is 0. The Morgan fingerprint density at radius 1 is 0.156 bits per heavy atom. The van der Waals surface area contributed by atoms with Crippen LogP contribution < -0.4 is 0 Å². The molecule has 0 heterocycles. The van der Waals surface area contributed by atoms with Crippen LogP contribution in [0.4, 0.5) is 0 Å². The van der Waals surface area contributed by atoms with E-state index in [0.29, 0.717) is 0 Å². The van der Waals surface area contributed by atoms with Crippen LogP contribution in [0.25, 0.3) is 0 Å². The molecule has 0 N–H and O–H groups in total. The lowest BCUT2D eigenvalue weighted by molar-refractivity contribution is 0.165. The lowest BCUT2D eigenvalue weighted by atomic mass is 9.71. The van der Waals surface area contributed by atoms with E-state index in [2.05, 4.69) is 0 Å². The summed E-state index contributed by atoms with van der Waals surface area (Å²) < 4.78 is 0. The molecular weight excluding hydrogens is 540 g/mol. The second-order valence-electron chi connectivity index (χ2n) is 18.9. The van der Waals surface area contributed by atoms with Gasteiger partial charge in [0.15, 0.2) is 0 Å². The minimum atomic E-state index is 1.14. The maximum absolute atomic E-state index is 1.58. The third kappa shape index (κ3) is 11.5. The van der Waals surface area contributed by atoms with Crippen molar-refractivity contribution in [2.24, 2.45) is 59.2 Å². The van der Waals surface area contributed by atoms with Gasteiger partial charge in [-0.1, -0.05) is 199 Å². The van der Waals surface area contributed by atoms with E-state index in [-0.39, 0.29) is 0 Å². The molecule has 260 valence electrons. The molecule has 0 spiro atoms. The highest BCUT2D eigenvalue weighted by atomic mass is 14.4. The van der Waals surface area contributed by atoms with E-state index in [9.17, 15) is 0 Å². The first-order valence-electron chi connectivity index (χ1n) is 22.3. The molecule has 6 bridgehead atoms. The van der Waals surface area contributed by atoms with Crippen LogP contribution in [0.3, 0.4) is 0 Å². The van der Waals surface area contributed by atoms with Gasteiger partial charge in [0.05, 0.1) is 0 Å². The van der Waals surface area contributed by atoms with E-state index in [4.69, 9.17) is 0 Å². The van der Waals surface area contributed by atoms with Gasteiger partial charge in [0.1, 0.15) is 0 Å². The van der Waals surface area contributed by atoms with Crippen LogP contribution in [-0.4, -0.2) is 0 Å². The predicted molar refractivity (Wildman–Crippen MR) is 196 cm³/mol. The molecule has 6 unspecified atom stereocenters. The van der Waals surface area contributed by atoms with Gasteiger partial charge in [0.2, 0.25) is 0 Å². The van der Waals surface area contributed by atoms with Crippen LogP contribution >= 0.6 is 0 Å². The molecule has 11 saturated carbocycles.